The zero-order chi connectivity index (χ0) is 29.1. The number of rotatable bonds is 5. The van der Waals surface area contributed by atoms with Crippen LogP contribution in [-0.4, -0.2) is 16.7 Å². The molecule has 0 bridgehead atoms. The first kappa shape index (κ1) is 25.4. The lowest BCUT2D eigenvalue weighted by Crippen LogP contribution is -2.16. The molecule has 0 fully saturated rings. The van der Waals surface area contributed by atoms with Crippen LogP contribution in [0.3, 0.4) is 0 Å². The topological polar surface area (TPSA) is 30.3 Å². The zero-order valence-electron chi connectivity index (χ0n) is 24.5. The molecule has 5 aromatic carbocycles. The van der Waals surface area contributed by atoms with Crippen molar-refractivity contribution in [3.8, 4) is 22.6 Å². The Bertz CT molecular complexity index is 2140. The molecule has 2 aromatic heterocycles. The van der Waals surface area contributed by atoms with Crippen molar-refractivity contribution in [1.82, 2.24) is 9.55 Å². The summed E-state index contributed by atoms with van der Waals surface area (Å²) in [6.07, 6.45) is 3.77. The van der Waals surface area contributed by atoms with Crippen LogP contribution in [-0.2, 0) is 5.41 Å². The first-order valence-electron chi connectivity index (χ1n) is 14.7. The molecular weight excluding hydrogens is 526 g/mol. The smallest absolute Gasteiger partial charge is 0.119 e. The number of fused-ring (bicyclic) bond motifs is 6. The van der Waals surface area contributed by atoms with Crippen LogP contribution in [0.1, 0.15) is 25.0 Å². The molecule has 0 saturated carbocycles. The van der Waals surface area contributed by atoms with Crippen molar-refractivity contribution >= 4 is 38.9 Å². The van der Waals surface area contributed by atoms with Crippen molar-refractivity contribution in [1.29, 1.82) is 0 Å². The molecule has 0 aliphatic heterocycles. The number of anilines is 3. The van der Waals surface area contributed by atoms with Crippen LogP contribution in [0.5, 0.6) is 5.75 Å². The summed E-state index contributed by atoms with van der Waals surface area (Å²) in [4.78, 5) is 6.83. The predicted molar refractivity (Wildman–Crippen MR) is 177 cm³/mol. The van der Waals surface area contributed by atoms with Crippen LogP contribution in [0.4, 0.5) is 17.1 Å². The zero-order valence-corrected chi connectivity index (χ0v) is 24.5. The molecule has 0 unspecified atom stereocenters. The van der Waals surface area contributed by atoms with Crippen LogP contribution in [0.2, 0.25) is 0 Å². The minimum atomic E-state index is -0.0850. The first-order chi connectivity index (χ1) is 21.0. The maximum Gasteiger partial charge on any atom is 0.119 e. The van der Waals surface area contributed by atoms with Crippen molar-refractivity contribution in [3.63, 3.8) is 0 Å². The summed E-state index contributed by atoms with van der Waals surface area (Å²) in [6.45, 7) is 4.66. The van der Waals surface area contributed by atoms with Gasteiger partial charge in [0, 0.05) is 39.4 Å². The molecule has 0 N–H and O–H groups in total. The molecule has 8 rings (SSSR count). The lowest BCUT2D eigenvalue weighted by atomic mass is 9.82. The monoisotopic (exact) mass is 557 g/mol. The van der Waals surface area contributed by atoms with Gasteiger partial charge in [-0.25, -0.2) is 0 Å². The van der Waals surface area contributed by atoms with E-state index in [4.69, 9.17) is 4.74 Å². The predicted octanol–water partition coefficient (Wildman–Crippen LogP) is 9.96. The Morgan fingerprint density at radius 3 is 2.16 bits per heavy atom. The second kappa shape index (κ2) is 9.60. The van der Waals surface area contributed by atoms with Gasteiger partial charge in [-0.15, -0.1) is 0 Å². The third-order valence-electron chi connectivity index (χ3n) is 8.97. The number of para-hydroxylation sites is 1. The van der Waals surface area contributed by atoms with Crippen LogP contribution in [0.15, 0.2) is 134 Å². The number of nitrogens with zero attached hydrogens (tertiary/aromatic N) is 3. The Kier molecular flexibility index (Phi) is 5.66. The molecule has 0 spiro atoms. The summed E-state index contributed by atoms with van der Waals surface area (Å²) >= 11 is 0. The van der Waals surface area contributed by atoms with Gasteiger partial charge in [-0.2, -0.15) is 0 Å². The molecule has 0 amide bonds. The maximum absolute atomic E-state index is 5.43. The number of hydrogen-bond acceptors (Lipinski definition) is 3. The van der Waals surface area contributed by atoms with Gasteiger partial charge in [-0.3, -0.25) is 4.98 Å². The van der Waals surface area contributed by atoms with Crippen molar-refractivity contribution in [2.75, 3.05) is 12.0 Å². The van der Waals surface area contributed by atoms with Gasteiger partial charge in [0.25, 0.3) is 0 Å². The summed E-state index contributed by atoms with van der Waals surface area (Å²) in [5.41, 5.74) is 11.9. The Hall–Kier alpha value is -5.35. The fourth-order valence-electron chi connectivity index (χ4n) is 6.87. The number of hydrogen-bond donors (Lipinski definition) is 0. The number of methoxy groups -OCH3 is 1. The van der Waals surface area contributed by atoms with E-state index >= 15 is 0 Å². The standard InChI is InChI=1S/C39H31N3O/c1-39(2)35-12-6-4-10-31(35)32-20-16-28(24-36(32)39)41(29-9-8-22-40-25-29)27-17-21-38-34(23-27)33-11-5-7-13-37(33)42(38)26-14-18-30(43-3)19-15-26/h4-25H,1-3H3. The minimum Gasteiger partial charge on any atom is -0.497 e. The molecule has 43 heavy (non-hydrogen) atoms. The lowest BCUT2D eigenvalue weighted by Gasteiger charge is -2.28. The first-order valence-corrected chi connectivity index (χ1v) is 14.7. The summed E-state index contributed by atoms with van der Waals surface area (Å²) < 4.78 is 7.76. The Labute approximate surface area is 251 Å². The number of ether oxygens (including phenoxy) is 1. The van der Waals surface area contributed by atoms with Crippen molar-refractivity contribution in [2.24, 2.45) is 0 Å². The molecule has 4 nitrogen and oxygen atoms in total. The number of aromatic nitrogens is 2. The minimum absolute atomic E-state index is 0.0850. The van der Waals surface area contributed by atoms with E-state index in [2.05, 4.69) is 131 Å². The van der Waals surface area contributed by atoms with Crippen LogP contribution < -0.4 is 9.64 Å². The molecule has 1 aliphatic rings. The average molecular weight is 558 g/mol. The number of benzene rings is 5. The largest absolute Gasteiger partial charge is 0.497 e. The summed E-state index contributed by atoms with van der Waals surface area (Å²) in [7, 11) is 1.70. The Balaban J connectivity index is 1.33. The van der Waals surface area contributed by atoms with E-state index < -0.39 is 0 Å². The maximum atomic E-state index is 5.43. The quantitative estimate of drug-likeness (QED) is 0.211. The molecule has 1 aliphatic carbocycles. The summed E-state index contributed by atoms with van der Waals surface area (Å²) in [5.74, 6) is 0.847. The van der Waals surface area contributed by atoms with E-state index in [1.165, 1.54) is 38.5 Å². The van der Waals surface area contributed by atoms with E-state index in [9.17, 15) is 0 Å². The van der Waals surface area contributed by atoms with Gasteiger partial charge >= 0.3 is 0 Å². The Morgan fingerprint density at radius 2 is 1.35 bits per heavy atom. The third kappa shape index (κ3) is 3.87. The van der Waals surface area contributed by atoms with E-state index in [0.717, 1.165) is 34.0 Å². The fraction of sp³-hybridized carbons (Fsp3) is 0.103. The molecular formula is C39H31N3O. The molecule has 7 aromatic rings. The highest BCUT2D eigenvalue weighted by molar-refractivity contribution is 6.10. The lowest BCUT2D eigenvalue weighted by molar-refractivity contribution is 0.415. The van der Waals surface area contributed by atoms with E-state index in [1.807, 2.05) is 30.6 Å². The van der Waals surface area contributed by atoms with Gasteiger partial charge in [0.2, 0.25) is 0 Å². The second-order valence-electron chi connectivity index (χ2n) is 11.7. The molecule has 4 heteroatoms. The van der Waals surface area contributed by atoms with E-state index in [0.29, 0.717) is 0 Å². The highest BCUT2D eigenvalue weighted by Crippen LogP contribution is 2.50. The van der Waals surface area contributed by atoms with Crippen molar-refractivity contribution in [2.45, 2.75) is 19.3 Å². The Morgan fingerprint density at radius 1 is 0.628 bits per heavy atom. The van der Waals surface area contributed by atoms with Crippen molar-refractivity contribution in [3.05, 3.63) is 145 Å². The molecule has 0 radical (unpaired) electrons. The highest BCUT2D eigenvalue weighted by Gasteiger charge is 2.35. The van der Waals surface area contributed by atoms with E-state index in [-0.39, 0.29) is 5.41 Å². The van der Waals surface area contributed by atoms with Gasteiger partial charge < -0.3 is 14.2 Å². The molecule has 2 heterocycles. The molecule has 0 saturated heterocycles. The van der Waals surface area contributed by atoms with Gasteiger partial charge in [-0.05, 0) is 95.1 Å². The van der Waals surface area contributed by atoms with Gasteiger partial charge in [0.05, 0.1) is 30.0 Å². The van der Waals surface area contributed by atoms with Gasteiger partial charge in [0.1, 0.15) is 5.75 Å². The van der Waals surface area contributed by atoms with Gasteiger partial charge in [0.15, 0.2) is 0 Å². The summed E-state index contributed by atoms with van der Waals surface area (Å²) in [5, 5.41) is 2.42. The fourth-order valence-corrected chi connectivity index (χ4v) is 6.87. The van der Waals surface area contributed by atoms with E-state index in [1.54, 1.807) is 7.11 Å². The van der Waals surface area contributed by atoms with Crippen LogP contribution in [0.25, 0.3) is 38.6 Å². The normalized spacial score (nSPS) is 13.2. The van der Waals surface area contributed by atoms with Crippen LogP contribution in [0, 0.1) is 0 Å². The number of pyridine rings is 1. The SMILES string of the molecule is COc1ccc(-n2c3ccccc3c3cc(N(c4cccnc4)c4ccc5c(c4)C(C)(C)c4ccccc4-5)ccc32)cc1. The van der Waals surface area contributed by atoms with Crippen LogP contribution >= 0.6 is 0 Å². The average Bonchev–Trinajstić information content (AvgIpc) is 3.50. The molecule has 0 atom stereocenters. The highest BCUT2D eigenvalue weighted by atomic mass is 16.5. The molecule has 208 valence electrons. The van der Waals surface area contributed by atoms with Crippen molar-refractivity contribution < 1.29 is 4.74 Å². The second-order valence-corrected chi connectivity index (χ2v) is 11.7. The summed E-state index contributed by atoms with van der Waals surface area (Å²) in [6, 6.07) is 43.5. The van der Waals surface area contributed by atoms with Gasteiger partial charge in [-0.1, -0.05) is 62.4 Å². The third-order valence-corrected chi connectivity index (χ3v) is 8.97.